The molecule has 0 fully saturated rings. The lowest BCUT2D eigenvalue weighted by molar-refractivity contribution is -0.887. The molecule has 51 heavy (non-hydrogen) atoms. The predicted octanol–water partition coefficient (Wildman–Crippen LogP) is 10.9. The molecule has 0 aliphatic heterocycles. The lowest BCUT2D eigenvalue weighted by Crippen LogP contribution is -2.50. The molecule has 0 saturated carbocycles. The van der Waals surface area contributed by atoms with E-state index in [-0.39, 0.29) is 42.7 Å². The quantitative estimate of drug-likeness (QED) is 0.0295. The molecule has 8 nitrogen and oxygen atoms in total. The van der Waals surface area contributed by atoms with Crippen molar-refractivity contribution in [1.29, 1.82) is 0 Å². The number of aliphatic carboxylic acids is 1. The maximum atomic E-state index is 12.7. The van der Waals surface area contributed by atoms with Crippen molar-refractivity contribution >= 4 is 17.9 Å². The highest BCUT2D eigenvalue weighted by Gasteiger charge is 2.31. The Balaban J connectivity index is 4.25. The zero-order valence-electron chi connectivity index (χ0n) is 33.8. The summed E-state index contributed by atoms with van der Waals surface area (Å²) in [4.78, 5) is 36.7. The summed E-state index contributed by atoms with van der Waals surface area (Å²) < 4.78 is 17.1. The van der Waals surface area contributed by atoms with E-state index in [1.807, 2.05) is 27.2 Å². The van der Waals surface area contributed by atoms with E-state index in [0.29, 0.717) is 19.3 Å². The van der Waals surface area contributed by atoms with Crippen LogP contribution in [-0.4, -0.2) is 80.6 Å². The van der Waals surface area contributed by atoms with Crippen LogP contribution in [0.4, 0.5) is 0 Å². The van der Waals surface area contributed by atoms with Gasteiger partial charge in [-0.2, -0.15) is 0 Å². The highest BCUT2D eigenvalue weighted by molar-refractivity contribution is 5.72. The maximum absolute atomic E-state index is 12.7. The van der Waals surface area contributed by atoms with Gasteiger partial charge >= 0.3 is 17.9 Å². The lowest BCUT2D eigenvalue weighted by atomic mass is 10.1. The van der Waals surface area contributed by atoms with Crippen LogP contribution >= 0.6 is 0 Å². The molecule has 0 aromatic rings. The van der Waals surface area contributed by atoms with Gasteiger partial charge < -0.3 is 23.8 Å². The molecule has 0 radical (unpaired) electrons. The Morgan fingerprint density at radius 3 is 1.53 bits per heavy atom. The number of carboxylic acids is 1. The van der Waals surface area contributed by atoms with Crippen LogP contribution < -0.4 is 0 Å². The highest BCUT2D eigenvalue weighted by Crippen LogP contribution is 2.14. The summed E-state index contributed by atoms with van der Waals surface area (Å²) in [5.74, 6) is -1.54. The van der Waals surface area contributed by atoms with Gasteiger partial charge in [-0.05, 0) is 51.4 Å². The number of likely N-dealkylation sites (N-methyl/N-ethyl adjacent to an activating group) is 1. The van der Waals surface area contributed by atoms with Gasteiger partial charge in [0.1, 0.15) is 6.61 Å². The number of quaternary nitrogens is 1. The Hall–Kier alpha value is -2.19. The summed E-state index contributed by atoms with van der Waals surface area (Å²) in [5, 5.41) is 9.58. The molecule has 0 aliphatic carbocycles. The van der Waals surface area contributed by atoms with E-state index in [0.717, 1.165) is 32.1 Å². The molecule has 0 bridgehead atoms. The second kappa shape index (κ2) is 34.9. The van der Waals surface area contributed by atoms with Gasteiger partial charge in [-0.1, -0.05) is 134 Å². The molecule has 2 atom stereocenters. The van der Waals surface area contributed by atoms with Crippen LogP contribution in [0.5, 0.6) is 0 Å². The van der Waals surface area contributed by atoms with Crippen molar-refractivity contribution in [2.24, 2.45) is 0 Å². The number of hydrogen-bond acceptors (Lipinski definition) is 6. The first-order valence-electron chi connectivity index (χ1n) is 20.9. The third kappa shape index (κ3) is 33.4. The number of nitrogens with zero attached hydrogens (tertiary/aromatic N) is 1. The number of esters is 2. The second-order valence-corrected chi connectivity index (χ2v) is 15.2. The molecule has 0 amide bonds. The van der Waals surface area contributed by atoms with Crippen LogP contribution in [-0.2, 0) is 28.6 Å². The summed E-state index contributed by atoms with van der Waals surface area (Å²) in [6.07, 6.45) is 36.8. The highest BCUT2D eigenvalue weighted by atomic mass is 16.6. The number of carbonyl (C=O) groups excluding carboxylic acids is 2. The number of allylic oxidation sites excluding steroid dienone is 4. The van der Waals surface area contributed by atoms with Crippen LogP contribution in [0.1, 0.15) is 181 Å². The van der Waals surface area contributed by atoms with E-state index in [2.05, 4.69) is 32.1 Å². The van der Waals surface area contributed by atoms with Gasteiger partial charge in [-0.3, -0.25) is 9.59 Å². The number of ether oxygens (including phenoxy) is 3. The van der Waals surface area contributed by atoms with Crippen LogP contribution in [0.25, 0.3) is 0 Å². The SMILES string of the molecule is CCCCC/C=C/CCC(=O)OCC(COCCC(C(=O)O)[N+](C)(C)C)OC(=O)CCCCCCCCC/C=C/CCCCCCCCCCC. The predicted molar refractivity (Wildman–Crippen MR) is 211 cm³/mol. The Labute approximate surface area is 313 Å². The van der Waals surface area contributed by atoms with Gasteiger partial charge in [0.25, 0.3) is 0 Å². The molecule has 0 heterocycles. The van der Waals surface area contributed by atoms with E-state index < -0.39 is 18.1 Å². The fraction of sp³-hybridized carbons (Fsp3) is 0.837. The average Bonchev–Trinajstić information content (AvgIpc) is 3.08. The standard InChI is InChI=1S/C43H79NO7/c1-6-8-10-12-14-15-16-17-18-19-20-21-22-23-24-25-26-28-30-32-34-42(46)51-39(37-49-36-35-40(43(47)48)44(3,4)5)38-50-41(45)33-31-29-27-13-11-9-7-2/h20-21,27,29,39-40H,6-19,22-26,28,30-38H2,1-5H3/p+1/b21-20+,29-27+. The van der Waals surface area contributed by atoms with Gasteiger partial charge in [-0.15, -0.1) is 0 Å². The molecule has 2 unspecified atom stereocenters. The van der Waals surface area contributed by atoms with Crippen LogP contribution in [0.15, 0.2) is 24.3 Å². The van der Waals surface area contributed by atoms with Crippen LogP contribution in [0, 0.1) is 0 Å². The van der Waals surface area contributed by atoms with E-state index in [4.69, 9.17) is 14.2 Å². The van der Waals surface area contributed by atoms with Crippen molar-refractivity contribution in [3.63, 3.8) is 0 Å². The van der Waals surface area contributed by atoms with Crippen molar-refractivity contribution in [2.75, 3.05) is 41.0 Å². The second-order valence-electron chi connectivity index (χ2n) is 15.2. The molecule has 298 valence electrons. The zero-order chi connectivity index (χ0) is 37.8. The summed E-state index contributed by atoms with van der Waals surface area (Å²) in [6.45, 7) is 4.63. The molecule has 0 aromatic carbocycles. The maximum Gasteiger partial charge on any atom is 0.362 e. The largest absolute Gasteiger partial charge is 0.477 e. The minimum atomic E-state index is -0.880. The third-order valence-electron chi connectivity index (χ3n) is 9.34. The number of rotatable bonds is 37. The minimum Gasteiger partial charge on any atom is -0.477 e. The Morgan fingerprint density at radius 1 is 0.569 bits per heavy atom. The van der Waals surface area contributed by atoms with Gasteiger partial charge in [0, 0.05) is 19.3 Å². The fourth-order valence-corrected chi connectivity index (χ4v) is 6.04. The molecule has 0 aromatic heterocycles. The Morgan fingerprint density at radius 2 is 1.02 bits per heavy atom. The molecule has 0 spiro atoms. The normalized spacial score (nSPS) is 13.2. The monoisotopic (exact) mass is 723 g/mol. The molecule has 0 rings (SSSR count). The first kappa shape index (κ1) is 48.8. The fourth-order valence-electron chi connectivity index (χ4n) is 6.04. The average molecular weight is 723 g/mol. The third-order valence-corrected chi connectivity index (χ3v) is 9.34. The van der Waals surface area contributed by atoms with Crippen molar-refractivity contribution in [1.82, 2.24) is 0 Å². The van der Waals surface area contributed by atoms with Crippen molar-refractivity contribution < 1.29 is 38.2 Å². The van der Waals surface area contributed by atoms with Crippen molar-refractivity contribution in [2.45, 2.75) is 193 Å². The molecule has 0 saturated heterocycles. The van der Waals surface area contributed by atoms with Gasteiger partial charge in [0.05, 0.1) is 34.4 Å². The summed E-state index contributed by atoms with van der Waals surface area (Å²) >= 11 is 0. The molecule has 0 aliphatic rings. The van der Waals surface area contributed by atoms with Crippen LogP contribution in [0.3, 0.4) is 0 Å². The minimum absolute atomic E-state index is 0.0499. The van der Waals surface area contributed by atoms with Crippen molar-refractivity contribution in [3.05, 3.63) is 24.3 Å². The first-order chi connectivity index (χ1) is 24.6. The molecular weight excluding hydrogens is 642 g/mol. The molecule has 8 heteroatoms. The van der Waals surface area contributed by atoms with Gasteiger partial charge in [0.2, 0.25) is 0 Å². The first-order valence-corrected chi connectivity index (χ1v) is 20.9. The number of unbranched alkanes of at least 4 members (excludes halogenated alkanes) is 19. The van der Waals surface area contributed by atoms with E-state index >= 15 is 0 Å². The van der Waals surface area contributed by atoms with Crippen LogP contribution in [0.2, 0.25) is 0 Å². The Bertz CT molecular complexity index is 895. The summed E-state index contributed by atoms with van der Waals surface area (Å²) in [7, 11) is 5.51. The van der Waals surface area contributed by atoms with E-state index in [1.165, 1.54) is 109 Å². The summed E-state index contributed by atoms with van der Waals surface area (Å²) in [6, 6.07) is -0.616. The number of carbonyl (C=O) groups is 3. The lowest BCUT2D eigenvalue weighted by Gasteiger charge is -2.31. The summed E-state index contributed by atoms with van der Waals surface area (Å²) in [5.41, 5.74) is 0. The van der Waals surface area contributed by atoms with E-state index in [9.17, 15) is 19.5 Å². The smallest absolute Gasteiger partial charge is 0.362 e. The topological polar surface area (TPSA) is 99.1 Å². The van der Waals surface area contributed by atoms with E-state index in [1.54, 1.807) is 0 Å². The molecular formula is C43H80NO7+. The number of hydrogen-bond donors (Lipinski definition) is 1. The van der Waals surface area contributed by atoms with Gasteiger partial charge in [-0.25, -0.2) is 4.79 Å². The molecule has 1 N–H and O–H groups in total. The number of carboxylic acid groups (broad SMARTS) is 1. The Kier molecular flexibility index (Phi) is 33.4. The van der Waals surface area contributed by atoms with Gasteiger partial charge in [0.15, 0.2) is 12.1 Å². The van der Waals surface area contributed by atoms with Crippen molar-refractivity contribution in [3.8, 4) is 0 Å². The zero-order valence-corrected chi connectivity index (χ0v) is 33.8.